The third-order valence-corrected chi connectivity index (χ3v) is 2.38. The normalized spacial score (nSPS) is 43.5. The number of hydrogen-bond donors (Lipinski definition) is 0. The summed E-state index contributed by atoms with van der Waals surface area (Å²) in [7, 11) is 3.24. The summed E-state index contributed by atoms with van der Waals surface area (Å²) in [5.41, 5.74) is 0. The first-order valence-corrected chi connectivity index (χ1v) is 4.38. The lowest BCUT2D eigenvalue weighted by atomic mass is 10.2. The van der Waals surface area contributed by atoms with Gasteiger partial charge in [-0.2, -0.15) is 0 Å². The van der Waals surface area contributed by atoms with Crippen molar-refractivity contribution < 1.29 is 18.9 Å². The van der Waals surface area contributed by atoms with Gasteiger partial charge in [-0.1, -0.05) is 0 Å². The Bertz CT molecular complexity index is 216. The highest BCUT2D eigenvalue weighted by Crippen LogP contribution is 2.37. The summed E-state index contributed by atoms with van der Waals surface area (Å²) < 4.78 is 21.3. The van der Waals surface area contributed by atoms with Crippen LogP contribution >= 0.6 is 0 Å². The Kier molecular flexibility index (Phi) is 2.38. The molecule has 1 saturated heterocycles. The maximum atomic E-state index is 5.58. The van der Waals surface area contributed by atoms with Gasteiger partial charge in [0.1, 0.15) is 0 Å². The summed E-state index contributed by atoms with van der Waals surface area (Å²) in [6.45, 7) is 0. The molecule has 0 amide bonds. The first-order chi connectivity index (χ1) is 6.28. The molecule has 1 spiro atoms. The van der Waals surface area contributed by atoms with E-state index in [0.29, 0.717) is 0 Å². The first-order valence-electron chi connectivity index (χ1n) is 4.38. The Hall–Kier alpha value is -0.420. The Morgan fingerprint density at radius 1 is 1.31 bits per heavy atom. The highest BCUT2D eigenvalue weighted by molar-refractivity contribution is 5.06. The van der Waals surface area contributed by atoms with Crippen LogP contribution in [0.1, 0.15) is 12.8 Å². The number of rotatable bonds is 2. The quantitative estimate of drug-likeness (QED) is 0.603. The van der Waals surface area contributed by atoms with E-state index in [0.717, 1.165) is 12.8 Å². The summed E-state index contributed by atoms with van der Waals surface area (Å²) >= 11 is 0. The third-order valence-electron chi connectivity index (χ3n) is 2.38. The summed E-state index contributed by atoms with van der Waals surface area (Å²) in [6, 6.07) is 0. The summed E-state index contributed by atoms with van der Waals surface area (Å²) in [5.74, 6) is -0.596. The van der Waals surface area contributed by atoms with Crippen LogP contribution in [0.4, 0.5) is 0 Å². The van der Waals surface area contributed by atoms with Gasteiger partial charge in [0.2, 0.25) is 0 Å². The zero-order chi connectivity index (χ0) is 9.31. The predicted octanol–water partition coefficient (Wildman–Crippen LogP) is 1.02. The van der Waals surface area contributed by atoms with Crippen LogP contribution in [0.2, 0.25) is 0 Å². The van der Waals surface area contributed by atoms with Gasteiger partial charge in [0.25, 0.3) is 0 Å². The summed E-state index contributed by atoms with van der Waals surface area (Å²) in [6.07, 6.45) is 5.01. The van der Waals surface area contributed by atoms with Crippen molar-refractivity contribution in [3.8, 4) is 0 Å². The fourth-order valence-electron chi connectivity index (χ4n) is 1.66. The van der Waals surface area contributed by atoms with E-state index in [-0.39, 0.29) is 12.6 Å². The van der Waals surface area contributed by atoms with E-state index in [1.807, 2.05) is 12.2 Å². The Labute approximate surface area is 77.4 Å². The topological polar surface area (TPSA) is 36.9 Å². The summed E-state index contributed by atoms with van der Waals surface area (Å²) in [5, 5.41) is 0. The minimum Gasteiger partial charge on any atom is -0.356 e. The van der Waals surface area contributed by atoms with Crippen molar-refractivity contribution in [3.05, 3.63) is 12.2 Å². The Morgan fingerprint density at radius 3 is 2.69 bits per heavy atom. The molecule has 1 fully saturated rings. The Morgan fingerprint density at radius 2 is 2.15 bits per heavy atom. The maximum absolute atomic E-state index is 5.58. The Balaban J connectivity index is 1.98. The lowest BCUT2D eigenvalue weighted by Gasteiger charge is -2.23. The molecule has 0 aromatic heterocycles. The van der Waals surface area contributed by atoms with Crippen molar-refractivity contribution in [2.24, 2.45) is 0 Å². The van der Waals surface area contributed by atoms with Crippen molar-refractivity contribution in [2.45, 2.75) is 31.2 Å². The fraction of sp³-hybridized carbons (Fsp3) is 0.778. The minimum atomic E-state index is -0.596. The molecule has 0 aromatic rings. The summed E-state index contributed by atoms with van der Waals surface area (Å²) in [4.78, 5) is 0. The van der Waals surface area contributed by atoms with Crippen LogP contribution in [0.25, 0.3) is 0 Å². The molecule has 3 unspecified atom stereocenters. The van der Waals surface area contributed by atoms with E-state index in [1.54, 1.807) is 14.2 Å². The van der Waals surface area contributed by atoms with E-state index in [2.05, 4.69) is 0 Å². The van der Waals surface area contributed by atoms with Crippen molar-refractivity contribution in [1.29, 1.82) is 0 Å². The molecule has 0 saturated carbocycles. The SMILES string of the molecule is COC1C=CC2(CCC(OC)O2)O1. The van der Waals surface area contributed by atoms with Crippen molar-refractivity contribution in [2.75, 3.05) is 14.2 Å². The lowest BCUT2D eigenvalue weighted by Crippen LogP contribution is -2.30. The van der Waals surface area contributed by atoms with E-state index in [9.17, 15) is 0 Å². The zero-order valence-electron chi connectivity index (χ0n) is 7.86. The average Bonchev–Trinajstić information content (AvgIpc) is 2.74. The third kappa shape index (κ3) is 1.62. The van der Waals surface area contributed by atoms with E-state index in [4.69, 9.17) is 18.9 Å². The van der Waals surface area contributed by atoms with Crippen LogP contribution in [0, 0.1) is 0 Å². The molecule has 74 valence electrons. The van der Waals surface area contributed by atoms with Crippen LogP contribution in [-0.4, -0.2) is 32.6 Å². The number of hydrogen-bond acceptors (Lipinski definition) is 4. The molecule has 2 aliphatic heterocycles. The average molecular weight is 186 g/mol. The zero-order valence-corrected chi connectivity index (χ0v) is 7.86. The van der Waals surface area contributed by atoms with E-state index in [1.165, 1.54) is 0 Å². The van der Waals surface area contributed by atoms with Gasteiger partial charge >= 0.3 is 0 Å². The second-order valence-corrected chi connectivity index (χ2v) is 3.21. The molecule has 2 rings (SSSR count). The highest BCUT2D eigenvalue weighted by Gasteiger charge is 2.44. The number of ether oxygens (including phenoxy) is 4. The van der Waals surface area contributed by atoms with Crippen LogP contribution in [-0.2, 0) is 18.9 Å². The molecule has 0 aliphatic carbocycles. The lowest BCUT2D eigenvalue weighted by molar-refractivity contribution is -0.273. The van der Waals surface area contributed by atoms with E-state index >= 15 is 0 Å². The molecule has 13 heavy (non-hydrogen) atoms. The van der Waals surface area contributed by atoms with Gasteiger partial charge in [-0.25, -0.2) is 0 Å². The van der Waals surface area contributed by atoms with Gasteiger partial charge in [0.05, 0.1) is 0 Å². The van der Waals surface area contributed by atoms with Crippen molar-refractivity contribution in [1.82, 2.24) is 0 Å². The fourth-order valence-corrected chi connectivity index (χ4v) is 1.66. The van der Waals surface area contributed by atoms with Crippen LogP contribution in [0.5, 0.6) is 0 Å². The van der Waals surface area contributed by atoms with E-state index < -0.39 is 5.79 Å². The standard InChI is InChI=1S/C9H14O4/c1-10-7-3-5-9(12-7)6-4-8(11-2)13-9/h3,5,7-8H,4,6H2,1-2H3. The van der Waals surface area contributed by atoms with Gasteiger partial charge in [-0.05, 0) is 12.2 Å². The molecule has 0 N–H and O–H groups in total. The molecule has 2 aliphatic rings. The molecule has 0 aromatic carbocycles. The first kappa shape index (κ1) is 9.15. The van der Waals surface area contributed by atoms with Crippen molar-refractivity contribution in [3.63, 3.8) is 0 Å². The number of methoxy groups -OCH3 is 2. The van der Waals surface area contributed by atoms with Gasteiger partial charge in [0, 0.05) is 27.1 Å². The molecule has 4 heteroatoms. The monoisotopic (exact) mass is 186 g/mol. The molecule has 0 radical (unpaired) electrons. The van der Waals surface area contributed by atoms with Gasteiger partial charge in [0.15, 0.2) is 18.4 Å². The largest absolute Gasteiger partial charge is 0.356 e. The van der Waals surface area contributed by atoms with Crippen molar-refractivity contribution >= 4 is 0 Å². The van der Waals surface area contributed by atoms with Gasteiger partial charge in [-0.15, -0.1) is 0 Å². The van der Waals surface area contributed by atoms with Gasteiger partial charge < -0.3 is 18.9 Å². The van der Waals surface area contributed by atoms with Crippen LogP contribution in [0.3, 0.4) is 0 Å². The smallest absolute Gasteiger partial charge is 0.194 e. The molecule has 2 heterocycles. The molecular formula is C9H14O4. The highest BCUT2D eigenvalue weighted by atomic mass is 16.8. The molecule has 4 nitrogen and oxygen atoms in total. The molecule has 0 bridgehead atoms. The van der Waals surface area contributed by atoms with Crippen LogP contribution < -0.4 is 0 Å². The molecular weight excluding hydrogens is 172 g/mol. The maximum Gasteiger partial charge on any atom is 0.194 e. The minimum absolute atomic E-state index is 0.153. The predicted molar refractivity (Wildman–Crippen MR) is 44.9 cm³/mol. The second kappa shape index (κ2) is 3.38. The molecule has 3 atom stereocenters. The van der Waals surface area contributed by atoms with Crippen LogP contribution in [0.15, 0.2) is 12.2 Å². The second-order valence-electron chi connectivity index (χ2n) is 3.21. The van der Waals surface area contributed by atoms with Gasteiger partial charge in [-0.3, -0.25) is 0 Å².